The van der Waals surface area contributed by atoms with Gasteiger partial charge >= 0.3 is 0 Å². The number of nitrogens with two attached hydrogens (primary N) is 1. The second kappa shape index (κ2) is 5.38. The van der Waals surface area contributed by atoms with Crippen molar-refractivity contribution in [3.05, 3.63) is 41.2 Å². The lowest BCUT2D eigenvalue weighted by atomic mass is 10.1. The van der Waals surface area contributed by atoms with Crippen LogP contribution in [0, 0.1) is 20.8 Å². The highest BCUT2D eigenvalue weighted by atomic mass is 32.1. The highest BCUT2D eigenvalue weighted by Crippen LogP contribution is 2.42. The number of fused-ring (bicyclic) bond motifs is 1. The Bertz CT molecular complexity index is 1050. The maximum atomic E-state index is 6.37. The van der Waals surface area contributed by atoms with Gasteiger partial charge in [-0.15, -0.1) is 21.5 Å². The van der Waals surface area contributed by atoms with Crippen LogP contribution in [-0.2, 0) is 0 Å². The number of nitrogens with zero attached hydrogens (tertiary/aromatic N) is 4. The molecule has 0 amide bonds. The van der Waals surface area contributed by atoms with Crippen molar-refractivity contribution in [1.82, 2.24) is 20.2 Å². The van der Waals surface area contributed by atoms with Crippen molar-refractivity contribution in [1.29, 1.82) is 0 Å². The molecule has 0 fully saturated rings. The van der Waals surface area contributed by atoms with Crippen molar-refractivity contribution in [3.8, 4) is 22.4 Å². The van der Waals surface area contributed by atoms with Crippen molar-refractivity contribution >= 4 is 27.2 Å². The Labute approximate surface area is 142 Å². The Morgan fingerprint density at radius 3 is 2.58 bits per heavy atom. The molecule has 0 atom stereocenters. The predicted molar refractivity (Wildman–Crippen MR) is 94.8 cm³/mol. The van der Waals surface area contributed by atoms with Crippen molar-refractivity contribution in [3.63, 3.8) is 0 Å². The van der Waals surface area contributed by atoms with Crippen molar-refractivity contribution in [2.75, 3.05) is 5.73 Å². The zero-order valence-electron chi connectivity index (χ0n) is 13.5. The van der Waals surface area contributed by atoms with Crippen LogP contribution in [0.25, 0.3) is 32.6 Å². The van der Waals surface area contributed by atoms with E-state index in [1.54, 1.807) is 6.20 Å². The minimum atomic E-state index is 0.375. The molecule has 6 nitrogen and oxygen atoms in total. The maximum Gasteiger partial charge on any atom is 0.266 e. The molecule has 4 rings (SSSR count). The van der Waals surface area contributed by atoms with Crippen LogP contribution in [0.5, 0.6) is 0 Å². The summed E-state index contributed by atoms with van der Waals surface area (Å²) >= 11 is 1.47. The molecule has 4 aromatic heterocycles. The topological polar surface area (TPSA) is 90.7 Å². The van der Waals surface area contributed by atoms with Crippen LogP contribution in [0.3, 0.4) is 0 Å². The van der Waals surface area contributed by atoms with Gasteiger partial charge in [0.2, 0.25) is 0 Å². The summed E-state index contributed by atoms with van der Waals surface area (Å²) in [4.78, 5) is 10.5. The molecule has 4 aromatic rings. The molecule has 0 aliphatic rings. The molecule has 0 radical (unpaired) electrons. The second-order valence-electron chi connectivity index (χ2n) is 5.60. The lowest BCUT2D eigenvalue weighted by molar-refractivity contribution is 0.584. The highest BCUT2D eigenvalue weighted by molar-refractivity contribution is 7.22. The van der Waals surface area contributed by atoms with E-state index in [1.807, 2.05) is 25.1 Å². The Balaban J connectivity index is 1.88. The van der Waals surface area contributed by atoms with Gasteiger partial charge in [0.05, 0.1) is 5.69 Å². The monoisotopic (exact) mass is 337 g/mol. The quantitative estimate of drug-likeness (QED) is 0.596. The van der Waals surface area contributed by atoms with Crippen LogP contribution < -0.4 is 5.73 Å². The van der Waals surface area contributed by atoms with E-state index in [-0.39, 0.29) is 0 Å². The molecular weight excluding hydrogens is 322 g/mol. The summed E-state index contributed by atoms with van der Waals surface area (Å²) < 4.78 is 5.78. The van der Waals surface area contributed by atoms with Gasteiger partial charge in [0.15, 0.2) is 0 Å². The summed E-state index contributed by atoms with van der Waals surface area (Å²) in [5.41, 5.74) is 10.9. The van der Waals surface area contributed by atoms with Crippen molar-refractivity contribution in [2.45, 2.75) is 20.8 Å². The summed E-state index contributed by atoms with van der Waals surface area (Å²) in [5.74, 6) is 0.769. The zero-order chi connectivity index (χ0) is 16.8. The fourth-order valence-corrected chi connectivity index (χ4v) is 3.76. The lowest BCUT2D eigenvalue weighted by Gasteiger charge is -2.05. The summed E-state index contributed by atoms with van der Waals surface area (Å²) in [7, 11) is 0. The molecule has 0 saturated carbocycles. The average molecular weight is 337 g/mol. The fraction of sp³-hybridized carbons (Fsp3) is 0.176. The molecule has 7 heteroatoms. The average Bonchev–Trinajstić information content (AvgIpc) is 3.19. The van der Waals surface area contributed by atoms with Gasteiger partial charge in [0.1, 0.15) is 15.4 Å². The van der Waals surface area contributed by atoms with E-state index in [0.29, 0.717) is 23.2 Å². The van der Waals surface area contributed by atoms with Crippen LogP contribution in [0.1, 0.15) is 16.8 Å². The minimum Gasteiger partial charge on any atom is -0.414 e. The Morgan fingerprint density at radius 2 is 1.83 bits per heavy atom. The van der Waals surface area contributed by atoms with E-state index >= 15 is 0 Å². The number of aromatic nitrogens is 4. The van der Waals surface area contributed by atoms with E-state index in [4.69, 9.17) is 10.2 Å². The number of hydrogen-bond acceptors (Lipinski definition) is 7. The molecule has 0 bridgehead atoms. The van der Waals surface area contributed by atoms with Crippen LogP contribution in [0.15, 0.2) is 28.8 Å². The fourth-order valence-electron chi connectivity index (χ4n) is 2.63. The van der Waals surface area contributed by atoms with Gasteiger partial charge in [-0.25, -0.2) is 4.98 Å². The Morgan fingerprint density at radius 1 is 1.04 bits per heavy atom. The van der Waals surface area contributed by atoms with Gasteiger partial charge in [-0.3, -0.25) is 4.98 Å². The van der Waals surface area contributed by atoms with Gasteiger partial charge in [0.25, 0.3) is 11.8 Å². The van der Waals surface area contributed by atoms with Gasteiger partial charge in [-0.1, -0.05) is 6.07 Å². The second-order valence-corrected chi connectivity index (χ2v) is 6.60. The summed E-state index contributed by atoms with van der Waals surface area (Å²) in [6.07, 6.45) is 1.69. The van der Waals surface area contributed by atoms with Crippen molar-refractivity contribution in [2.24, 2.45) is 0 Å². The number of aryl methyl sites for hydroxylation is 2. The first-order chi connectivity index (χ1) is 11.6. The number of rotatable bonds is 2. The Kier molecular flexibility index (Phi) is 3.31. The predicted octanol–water partition coefficient (Wildman–Crippen LogP) is 3.92. The summed E-state index contributed by atoms with van der Waals surface area (Å²) in [6, 6.07) is 5.53. The lowest BCUT2D eigenvalue weighted by Crippen LogP contribution is -1.93. The van der Waals surface area contributed by atoms with Gasteiger partial charge in [0, 0.05) is 17.3 Å². The molecule has 0 aliphatic heterocycles. The number of pyridine rings is 2. The van der Waals surface area contributed by atoms with Crippen LogP contribution in [-0.4, -0.2) is 20.2 Å². The van der Waals surface area contributed by atoms with Crippen LogP contribution in [0.2, 0.25) is 0 Å². The van der Waals surface area contributed by atoms with E-state index in [0.717, 1.165) is 31.9 Å². The molecule has 0 aliphatic carbocycles. The van der Waals surface area contributed by atoms with E-state index in [9.17, 15) is 0 Å². The number of hydrogen-bond donors (Lipinski definition) is 1. The highest BCUT2D eigenvalue weighted by Gasteiger charge is 2.21. The molecule has 4 heterocycles. The van der Waals surface area contributed by atoms with Gasteiger partial charge in [-0.2, -0.15) is 0 Å². The largest absolute Gasteiger partial charge is 0.414 e. The maximum absolute atomic E-state index is 6.37. The first-order valence-electron chi connectivity index (χ1n) is 7.47. The first-order valence-corrected chi connectivity index (χ1v) is 8.29. The number of anilines is 1. The van der Waals surface area contributed by atoms with Crippen LogP contribution in [0.4, 0.5) is 5.69 Å². The summed E-state index contributed by atoms with van der Waals surface area (Å²) in [5, 5.41) is 9.19. The molecular formula is C17H15N5OS. The molecule has 0 aromatic carbocycles. The first kappa shape index (κ1) is 14.8. The summed E-state index contributed by atoms with van der Waals surface area (Å²) in [6.45, 7) is 6.12. The Hall–Kier alpha value is -2.80. The van der Waals surface area contributed by atoms with Gasteiger partial charge < -0.3 is 10.2 Å². The molecule has 0 unspecified atom stereocenters. The van der Waals surface area contributed by atoms with Crippen molar-refractivity contribution < 1.29 is 4.42 Å². The third-order valence-corrected chi connectivity index (χ3v) is 5.27. The molecule has 120 valence electrons. The molecule has 0 saturated heterocycles. The van der Waals surface area contributed by atoms with E-state index < -0.39 is 0 Å². The third kappa shape index (κ3) is 2.16. The normalized spacial score (nSPS) is 11.3. The van der Waals surface area contributed by atoms with Crippen LogP contribution >= 0.6 is 11.3 Å². The molecule has 0 spiro atoms. The SMILES string of the molecule is Cc1nc2sc(-c3nnc(-c4ccccn4)o3)c(N)c2c(C)c1C. The third-order valence-electron chi connectivity index (χ3n) is 4.18. The van der Waals surface area contributed by atoms with Gasteiger partial charge in [-0.05, 0) is 44.0 Å². The smallest absolute Gasteiger partial charge is 0.266 e. The van der Waals surface area contributed by atoms with E-state index in [2.05, 4.69) is 34.0 Å². The van der Waals surface area contributed by atoms with E-state index in [1.165, 1.54) is 11.3 Å². The standard InChI is InChI=1S/C17H15N5OS/c1-8-9(2)12-13(18)14(24-17(12)20-10(8)3)16-22-21-15(23-16)11-6-4-5-7-19-11/h4-7H,18H2,1-3H3. The minimum absolute atomic E-state index is 0.375. The number of nitrogen functional groups attached to an aromatic ring is 1. The molecule has 2 N–H and O–H groups in total. The number of thiophene rings is 1. The molecule has 24 heavy (non-hydrogen) atoms. The zero-order valence-corrected chi connectivity index (χ0v) is 14.3.